The summed E-state index contributed by atoms with van der Waals surface area (Å²) in [5.41, 5.74) is 1.64. The van der Waals surface area contributed by atoms with Crippen LogP contribution >= 0.6 is 12.4 Å². The summed E-state index contributed by atoms with van der Waals surface area (Å²) in [7, 11) is 1.78. The van der Waals surface area contributed by atoms with Gasteiger partial charge in [0, 0.05) is 24.7 Å². The molecule has 2 heterocycles. The molecule has 2 aromatic rings. The van der Waals surface area contributed by atoms with Crippen molar-refractivity contribution >= 4 is 24.0 Å². The average Bonchev–Trinajstić information content (AvgIpc) is 2.81. The molecule has 1 amide bonds. The maximum absolute atomic E-state index is 11.9. The van der Waals surface area contributed by atoms with Crippen LogP contribution in [0.15, 0.2) is 24.3 Å². The summed E-state index contributed by atoms with van der Waals surface area (Å²) in [4.78, 5) is 11.9. The number of hydrogen-bond acceptors (Lipinski definition) is 5. The molecular formula is C13H17ClN6O. The van der Waals surface area contributed by atoms with Gasteiger partial charge < -0.3 is 10.6 Å². The first-order valence-corrected chi connectivity index (χ1v) is 6.56. The highest BCUT2D eigenvalue weighted by Crippen LogP contribution is 2.20. The number of aryl methyl sites for hydroxylation is 1. The van der Waals surface area contributed by atoms with Gasteiger partial charge in [-0.3, -0.25) is 4.79 Å². The minimum atomic E-state index is 0. The van der Waals surface area contributed by atoms with Crippen LogP contribution in [0.5, 0.6) is 0 Å². The number of carbonyl (C=O) groups excluding carboxylic acids is 1. The van der Waals surface area contributed by atoms with Gasteiger partial charge in [-0.25, -0.2) is 4.68 Å². The van der Waals surface area contributed by atoms with E-state index in [1.165, 1.54) is 0 Å². The van der Waals surface area contributed by atoms with Crippen molar-refractivity contribution in [2.24, 2.45) is 13.0 Å². The van der Waals surface area contributed by atoms with Gasteiger partial charge in [-0.15, -0.1) is 17.5 Å². The number of rotatable bonds is 4. The van der Waals surface area contributed by atoms with Gasteiger partial charge in [-0.05, 0) is 41.6 Å². The van der Waals surface area contributed by atoms with Crippen molar-refractivity contribution in [2.45, 2.75) is 6.42 Å². The number of aromatic nitrogens is 4. The molecule has 1 aliphatic rings. The van der Waals surface area contributed by atoms with Crippen molar-refractivity contribution < 1.29 is 4.79 Å². The normalized spacial score (nSPS) is 14.1. The van der Waals surface area contributed by atoms with Crippen molar-refractivity contribution in [1.29, 1.82) is 0 Å². The van der Waals surface area contributed by atoms with E-state index in [4.69, 9.17) is 0 Å². The summed E-state index contributed by atoms with van der Waals surface area (Å²) < 4.78 is 1.60. The molecule has 0 aliphatic carbocycles. The average molecular weight is 309 g/mol. The summed E-state index contributed by atoms with van der Waals surface area (Å²) in [5, 5.41) is 17.5. The van der Waals surface area contributed by atoms with E-state index in [9.17, 15) is 4.79 Å². The lowest BCUT2D eigenvalue weighted by atomic mass is 9.99. The Morgan fingerprint density at radius 3 is 2.90 bits per heavy atom. The molecular weight excluding hydrogens is 292 g/mol. The second-order valence-electron chi connectivity index (χ2n) is 4.98. The lowest BCUT2D eigenvalue weighted by Gasteiger charge is -2.26. The van der Waals surface area contributed by atoms with Gasteiger partial charge in [-0.2, -0.15) is 0 Å². The standard InChI is InChI=1S/C13H16N6O.ClH/c1-19-13(16-17-18-19)10-3-2-4-11(6-10)15-12(20)5-9-7-14-8-9;/h2-4,6,9,14H,5,7-8H2,1H3,(H,15,20);1H. The molecule has 1 aromatic heterocycles. The van der Waals surface area contributed by atoms with Crippen molar-refractivity contribution in [2.75, 3.05) is 18.4 Å². The van der Waals surface area contributed by atoms with Gasteiger partial charge in [-0.1, -0.05) is 12.1 Å². The zero-order valence-electron chi connectivity index (χ0n) is 11.6. The van der Waals surface area contributed by atoms with Crippen LogP contribution in [0, 0.1) is 5.92 Å². The molecule has 1 aromatic carbocycles. The number of anilines is 1. The molecule has 21 heavy (non-hydrogen) atoms. The molecule has 1 saturated heterocycles. The molecule has 1 fully saturated rings. The highest BCUT2D eigenvalue weighted by molar-refractivity contribution is 5.91. The topological polar surface area (TPSA) is 84.7 Å². The number of halogens is 1. The summed E-state index contributed by atoms with van der Waals surface area (Å²) >= 11 is 0. The summed E-state index contributed by atoms with van der Waals surface area (Å²) in [5.74, 6) is 1.18. The minimum absolute atomic E-state index is 0. The lowest BCUT2D eigenvalue weighted by molar-refractivity contribution is -0.117. The monoisotopic (exact) mass is 308 g/mol. The fourth-order valence-electron chi connectivity index (χ4n) is 2.18. The zero-order valence-corrected chi connectivity index (χ0v) is 12.4. The smallest absolute Gasteiger partial charge is 0.224 e. The minimum Gasteiger partial charge on any atom is -0.326 e. The molecule has 3 rings (SSSR count). The third kappa shape index (κ3) is 3.56. The molecule has 1 aliphatic heterocycles. The predicted molar refractivity (Wildman–Crippen MR) is 81.1 cm³/mol. The van der Waals surface area contributed by atoms with E-state index in [1.807, 2.05) is 24.3 Å². The molecule has 8 heteroatoms. The molecule has 0 spiro atoms. The maximum Gasteiger partial charge on any atom is 0.224 e. The third-order valence-corrected chi connectivity index (χ3v) is 3.36. The van der Waals surface area contributed by atoms with Crippen molar-refractivity contribution in [3.8, 4) is 11.4 Å². The van der Waals surface area contributed by atoms with Crippen LogP contribution < -0.4 is 10.6 Å². The quantitative estimate of drug-likeness (QED) is 0.874. The van der Waals surface area contributed by atoms with Crippen LogP contribution in [0.4, 0.5) is 5.69 Å². The second kappa shape index (κ2) is 6.64. The molecule has 7 nitrogen and oxygen atoms in total. The number of carbonyl (C=O) groups is 1. The second-order valence-corrected chi connectivity index (χ2v) is 4.98. The summed E-state index contributed by atoms with van der Waals surface area (Å²) in [6.45, 7) is 1.86. The van der Waals surface area contributed by atoms with Gasteiger partial charge in [0.15, 0.2) is 5.82 Å². The predicted octanol–water partition coefficient (Wildman–Crippen LogP) is 0.847. The molecule has 2 N–H and O–H groups in total. The zero-order chi connectivity index (χ0) is 13.9. The van der Waals surface area contributed by atoms with Crippen LogP contribution in [0.2, 0.25) is 0 Å². The van der Waals surface area contributed by atoms with Gasteiger partial charge in [0.25, 0.3) is 0 Å². The number of hydrogen-bond donors (Lipinski definition) is 2. The first-order valence-electron chi connectivity index (χ1n) is 6.56. The Balaban J connectivity index is 0.00000161. The van der Waals surface area contributed by atoms with Gasteiger partial charge >= 0.3 is 0 Å². The van der Waals surface area contributed by atoms with E-state index < -0.39 is 0 Å². The van der Waals surface area contributed by atoms with Crippen LogP contribution in [-0.2, 0) is 11.8 Å². The fraction of sp³-hybridized carbons (Fsp3) is 0.385. The Morgan fingerprint density at radius 2 is 2.29 bits per heavy atom. The molecule has 0 saturated carbocycles. The molecule has 0 radical (unpaired) electrons. The fourth-order valence-corrected chi connectivity index (χ4v) is 2.18. The largest absolute Gasteiger partial charge is 0.326 e. The first-order chi connectivity index (χ1) is 9.72. The van der Waals surface area contributed by atoms with Crippen molar-refractivity contribution in [3.63, 3.8) is 0 Å². The van der Waals surface area contributed by atoms with Crippen LogP contribution in [0.1, 0.15) is 6.42 Å². The highest BCUT2D eigenvalue weighted by Gasteiger charge is 2.20. The lowest BCUT2D eigenvalue weighted by Crippen LogP contribution is -2.43. The van der Waals surface area contributed by atoms with E-state index in [0.29, 0.717) is 18.2 Å². The van der Waals surface area contributed by atoms with Crippen molar-refractivity contribution in [3.05, 3.63) is 24.3 Å². The van der Waals surface area contributed by atoms with E-state index in [1.54, 1.807) is 11.7 Å². The Bertz CT molecular complexity index is 625. The Labute approximate surface area is 128 Å². The number of nitrogens with one attached hydrogen (secondary N) is 2. The summed E-state index contributed by atoms with van der Waals surface area (Å²) in [6.07, 6.45) is 0.558. The Hall–Kier alpha value is -1.99. The van der Waals surface area contributed by atoms with E-state index >= 15 is 0 Å². The number of tetrazole rings is 1. The Kier molecular flexibility index (Phi) is 4.87. The van der Waals surface area contributed by atoms with Gasteiger partial charge in [0.1, 0.15) is 0 Å². The molecule has 0 bridgehead atoms. The van der Waals surface area contributed by atoms with E-state index in [0.717, 1.165) is 24.3 Å². The number of benzene rings is 1. The van der Waals surface area contributed by atoms with Crippen molar-refractivity contribution in [1.82, 2.24) is 25.5 Å². The van der Waals surface area contributed by atoms with Gasteiger partial charge in [0.2, 0.25) is 5.91 Å². The summed E-state index contributed by atoms with van der Waals surface area (Å²) in [6, 6.07) is 7.54. The van der Waals surface area contributed by atoms with Gasteiger partial charge in [0.05, 0.1) is 0 Å². The molecule has 0 atom stereocenters. The molecule has 0 unspecified atom stereocenters. The van der Waals surface area contributed by atoms with Crippen LogP contribution in [0.3, 0.4) is 0 Å². The highest BCUT2D eigenvalue weighted by atomic mass is 35.5. The van der Waals surface area contributed by atoms with E-state index in [2.05, 4.69) is 26.2 Å². The number of nitrogens with zero attached hydrogens (tertiary/aromatic N) is 4. The maximum atomic E-state index is 11.9. The first kappa shape index (κ1) is 15.4. The third-order valence-electron chi connectivity index (χ3n) is 3.36. The van der Waals surface area contributed by atoms with Crippen LogP contribution in [0.25, 0.3) is 11.4 Å². The van der Waals surface area contributed by atoms with Crippen LogP contribution in [-0.4, -0.2) is 39.2 Å². The van der Waals surface area contributed by atoms with E-state index in [-0.39, 0.29) is 18.3 Å². The number of amides is 1. The Morgan fingerprint density at radius 1 is 1.48 bits per heavy atom. The SMILES string of the molecule is Cl.Cn1nnnc1-c1cccc(NC(=O)CC2CNC2)c1. The molecule has 112 valence electrons.